The summed E-state index contributed by atoms with van der Waals surface area (Å²) in [7, 11) is 0. The van der Waals surface area contributed by atoms with Gasteiger partial charge in [-0.15, -0.1) is 0 Å². The summed E-state index contributed by atoms with van der Waals surface area (Å²) in [4.78, 5) is 12.0. The Morgan fingerprint density at radius 1 is 0.769 bits per heavy atom. The van der Waals surface area contributed by atoms with Gasteiger partial charge < -0.3 is 10.6 Å². The third kappa shape index (κ3) is 4.96. The number of hydrogen-bond acceptors (Lipinski definition) is 1. The van der Waals surface area contributed by atoms with Gasteiger partial charge in [-0.3, -0.25) is 0 Å². The Balaban J connectivity index is 1.48. The molecule has 3 heteroatoms. The Morgan fingerprint density at radius 3 is 2.00 bits per heavy atom. The van der Waals surface area contributed by atoms with Crippen LogP contribution in [0.3, 0.4) is 0 Å². The van der Waals surface area contributed by atoms with E-state index in [1.165, 1.54) is 16.7 Å². The number of carbonyl (C=O) groups is 1. The molecule has 0 bridgehead atoms. The highest BCUT2D eigenvalue weighted by atomic mass is 16.2. The Bertz CT molecular complexity index is 814. The van der Waals surface area contributed by atoms with Gasteiger partial charge in [0.15, 0.2) is 0 Å². The van der Waals surface area contributed by atoms with Crippen molar-refractivity contribution < 1.29 is 4.79 Å². The number of carbonyl (C=O) groups excluding carboxylic acids is 1. The molecule has 0 aromatic heterocycles. The van der Waals surface area contributed by atoms with E-state index in [2.05, 4.69) is 54.0 Å². The molecule has 132 valence electrons. The van der Waals surface area contributed by atoms with Crippen LogP contribution in [0, 0.1) is 0 Å². The quantitative estimate of drug-likeness (QED) is 0.652. The fourth-order valence-corrected chi connectivity index (χ4v) is 2.84. The predicted molar refractivity (Wildman–Crippen MR) is 107 cm³/mol. The summed E-state index contributed by atoms with van der Waals surface area (Å²) in [5, 5.41) is 5.83. The third-order valence-corrected chi connectivity index (χ3v) is 4.45. The van der Waals surface area contributed by atoms with E-state index in [0.29, 0.717) is 13.1 Å². The second-order valence-corrected chi connectivity index (χ2v) is 6.44. The van der Waals surface area contributed by atoms with Crippen LogP contribution in [0.4, 0.5) is 4.79 Å². The lowest BCUT2D eigenvalue weighted by molar-refractivity contribution is 0.240. The molecule has 3 rings (SSSR count). The molecule has 2 amide bonds. The molecule has 1 unspecified atom stereocenters. The zero-order chi connectivity index (χ0) is 18.2. The summed E-state index contributed by atoms with van der Waals surface area (Å²) >= 11 is 0. The van der Waals surface area contributed by atoms with Gasteiger partial charge in [0.05, 0.1) is 0 Å². The summed E-state index contributed by atoms with van der Waals surface area (Å²) in [5.41, 5.74) is 4.72. The first-order valence-electron chi connectivity index (χ1n) is 8.93. The van der Waals surface area contributed by atoms with Crippen molar-refractivity contribution >= 4 is 6.03 Å². The topological polar surface area (TPSA) is 41.1 Å². The van der Waals surface area contributed by atoms with Crippen molar-refractivity contribution in [3.63, 3.8) is 0 Å². The van der Waals surface area contributed by atoms with Crippen molar-refractivity contribution in [2.75, 3.05) is 6.54 Å². The minimum atomic E-state index is -0.137. The normalized spacial score (nSPS) is 11.6. The number of urea groups is 1. The van der Waals surface area contributed by atoms with Crippen LogP contribution in [0.5, 0.6) is 0 Å². The number of rotatable bonds is 6. The van der Waals surface area contributed by atoms with E-state index in [0.717, 1.165) is 5.56 Å². The van der Waals surface area contributed by atoms with Crippen molar-refractivity contribution in [2.24, 2.45) is 0 Å². The van der Waals surface area contributed by atoms with E-state index >= 15 is 0 Å². The second-order valence-electron chi connectivity index (χ2n) is 6.44. The lowest BCUT2D eigenvalue weighted by Crippen LogP contribution is -2.37. The Hall–Kier alpha value is -3.07. The molecule has 0 aliphatic heterocycles. The fourth-order valence-electron chi connectivity index (χ4n) is 2.84. The molecule has 2 N–H and O–H groups in total. The lowest BCUT2D eigenvalue weighted by atomic mass is 9.97. The second kappa shape index (κ2) is 8.86. The van der Waals surface area contributed by atoms with E-state index < -0.39 is 0 Å². The largest absolute Gasteiger partial charge is 0.338 e. The number of nitrogens with one attached hydrogen (secondary N) is 2. The average molecular weight is 344 g/mol. The maximum Gasteiger partial charge on any atom is 0.315 e. The molecule has 0 aliphatic carbocycles. The zero-order valence-electron chi connectivity index (χ0n) is 15.0. The molecule has 0 saturated heterocycles. The summed E-state index contributed by atoms with van der Waals surface area (Å²) in [6.07, 6.45) is 0. The molecule has 0 fully saturated rings. The van der Waals surface area contributed by atoms with Crippen molar-refractivity contribution in [2.45, 2.75) is 19.4 Å². The van der Waals surface area contributed by atoms with Crippen LogP contribution in [0.1, 0.15) is 24.0 Å². The van der Waals surface area contributed by atoms with Crippen LogP contribution in [0.2, 0.25) is 0 Å². The van der Waals surface area contributed by atoms with Crippen molar-refractivity contribution in [3.8, 4) is 11.1 Å². The first kappa shape index (κ1) is 17.7. The summed E-state index contributed by atoms with van der Waals surface area (Å²) in [6, 6.07) is 28.6. The van der Waals surface area contributed by atoms with Crippen LogP contribution in [-0.2, 0) is 6.54 Å². The fraction of sp³-hybridized carbons (Fsp3) is 0.174. The van der Waals surface area contributed by atoms with Crippen LogP contribution >= 0.6 is 0 Å². The monoisotopic (exact) mass is 344 g/mol. The molecule has 3 nitrogen and oxygen atoms in total. The van der Waals surface area contributed by atoms with Gasteiger partial charge in [-0.05, 0) is 28.2 Å². The molecule has 0 saturated carbocycles. The third-order valence-electron chi connectivity index (χ3n) is 4.45. The van der Waals surface area contributed by atoms with Gasteiger partial charge in [0.2, 0.25) is 0 Å². The standard InChI is InChI=1S/C23H24N2O/c1-18(16-24-23(26)25-17-19-8-4-2-5-9-19)20-12-14-22(15-13-20)21-10-6-3-7-11-21/h2-15,18H,16-17H2,1H3,(H2,24,25,26). The predicted octanol–water partition coefficient (Wildman–Crippen LogP) is 4.96. The van der Waals surface area contributed by atoms with Gasteiger partial charge in [0, 0.05) is 13.1 Å². The van der Waals surface area contributed by atoms with Crippen LogP contribution < -0.4 is 10.6 Å². The van der Waals surface area contributed by atoms with Crippen molar-refractivity contribution in [1.82, 2.24) is 10.6 Å². The van der Waals surface area contributed by atoms with E-state index in [-0.39, 0.29) is 11.9 Å². The number of benzene rings is 3. The van der Waals surface area contributed by atoms with Crippen molar-refractivity contribution in [3.05, 3.63) is 96.1 Å². The van der Waals surface area contributed by atoms with E-state index in [4.69, 9.17) is 0 Å². The minimum Gasteiger partial charge on any atom is -0.338 e. The Labute approximate surface area is 155 Å². The minimum absolute atomic E-state index is 0.137. The molecule has 3 aromatic carbocycles. The van der Waals surface area contributed by atoms with Crippen molar-refractivity contribution in [1.29, 1.82) is 0 Å². The Kier molecular flexibility index (Phi) is 6.05. The molecule has 0 radical (unpaired) electrons. The Morgan fingerprint density at radius 2 is 1.35 bits per heavy atom. The average Bonchev–Trinajstić information content (AvgIpc) is 2.72. The molecule has 0 heterocycles. The lowest BCUT2D eigenvalue weighted by Gasteiger charge is -2.14. The molecular weight excluding hydrogens is 320 g/mol. The highest BCUT2D eigenvalue weighted by Gasteiger charge is 2.08. The van der Waals surface area contributed by atoms with Crippen LogP contribution in [0.15, 0.2) is 84.9 Å². The van der Waals surface area contributed by atoms with Gasteiger partial charge >= 0.3 is 6.03 Å². The molecule has 1 atom stereocenters. The van der Waals surface area contributed by atoms with Crippen LogP contribution in [-0.4, -0.2) is 12.6 Å². The van der Waals surface area contributed by atoms with Gasteiger partial charge in [-0.2, -0.15) is 0 Å². The molecule has 26 heavy (non-hydrogen) atoms. The van der Waals surface area contributed by atoms with Crippen LogP contribution in [0.25, 0.3) is 11.1 Å². The first-order valence-corrected chi connectivity index (χ1v) is 8.93. The SMILES string of the molecule is CC(CNC(=O)NCc1ccccc1)c1ccc(-c2ccccc2)cc1. The summed E-state index contributed by atoms with van der Waals surface area (Å²) in [6.45, 7) is 3.26. The number of amides is 2. The van der Waals surface area contributed by atoms with Gasteiger partial charge in [-0.25, -0.2) is 4.79 Å². The zero-order valence-corrected chi connectivity index (χ0v) is 15.0. The van der Waals surface area contributed by atoms with E-state index in [1.54, 1.807) is 0 Å². The van der Waals surface area contributed by atoms with E-state index in [1.807, 2.05) is 48.5 Å². The first-order chi connectivity index (χ1) is 12.7. The molecular formula is C23H24N2O. The molecule has 3 aromatic rings. The highest BCUT2D eigenvalue weighted by Crippen LogP contribution is 2.22. The molecule has 0 aliphatic rings. The summed E-state index contributed by atoms with van der Waals surface area (Å²) < 4.78 is 0. The van der Waals surface area contributed by atoms with Gasteiger partial charge in [0.1, 0.15) is 0 Å². The van der Waals surface area contributed by atoms with Gasteiger partial charge in [0.25, 0.3) is 0 Å². The van der Waals surface area contributed by atoms with Gasteiger partial charge in [-0.1, -0.05) is 91.9 Å². The summed E-state index contributed by atoms with van der Waals surface area (Å²) in [5.74, 6) is 0.252. The highest BCUT2D eigenvalue weighted by molar-refractivity contribution is 5.73. The number of hydrogen-bond donors (Lipinski definition) is 2. The smallest absolute Gasteiger partial charge is 0.315 e. The molecule has 0 spiro atoms. The van der Waals surface area contributed by atoms with E-state index in [9.17, 15) is 4.79 Å². The maximum atomic E-state index is 12.0. The maximum absolute atomic E-state index is 12.0.